The van der Waals surface area contributed by atoms with Crippen molar-refractivity contribution in [3.63, 3.8) is 0 Å². The van der Waals surface area contributed by atoms with Gasteiger partial charge in [-0.1, -0.05) is 17.7 Å². The molecular weight excluding hydrogens is 482 g/mol. The van der Waals surface area contributed by atoms with Gasteiger partial charge in [-0.05, 0) is 104 Å². The number of carbonyl (C=O) groups is 1. The zero-order chi connectivity index (χ0) is 24.5. The summed E-state index contributed by atoms with van der Waals surface area (Å²) in [6.07, 6.45) is 0. The molecule has 6 nitrogen and oxygen atoms in total. The number of furan rings is 1. The van der Waals surface area contributed by atoms with Crippen molar-refractivity contribution in [1.82, 2.24) is 10.3 Å². The minimum Gasteiger partial charge on any atom is -0.451 e. The van der Waals surface area contributed by atoms with Crippen LogP contribution in [0.25, 0.3) is 33.9 Å². The molecule has 0 aliphatic heterocycles. The molecule has 0 fully saturated rings. The molecule has 2 N–H and O–H groups in total. The molecular formula is C27H20ClN3O3S. The normalized spacial score (nSPS) is 10.9. The zero-order valence-corrected chi connectivity index (χ0v) is 20.5. The van der Waals surface area contributed by atoms with Crippen LogP contribution >= 0.6 is 23.8 Å². The van der Waals surface area contributed by atoms with Crippen LogP contribution < -0.4 is 10.6 Å². The van der Waals surface area contributed by atoms with Crippen LogP contribution in [-0.4, -0.2) is 16.0 Å². The number of halogens is 1. The average molecular weight is 502 g/mol. The van der Waals surface area contributed by atoms with Gasteiger partial charge in [-0.3, -0.25) is 10.1 Å². The molecule has 0 saturated heterocycles. The molecule has 0 saturated carbocycles. The number of hydrogen-bond acceptors (Lipinski definition) is 5. The predicted octanol–water partition coefficient (Wildman–Crippen LogP) is 7.15. The van der Waals surface area contributed by atoms with Gasteiger partial charge >= 0.3 is 0 Å². The van der Waals surface area contributed by atoms with Crippen molar-refractivity contribution in [2.75, 3.05) is 5.32 Å². The van der Waals surface area contributed by atoms with E-state index in [4.69, 9.17) is 32.7 Å². The van der Waals surface area contributed by atoms with Crippen LogP contribution in [0.4, 0.5) is 5.69 Å². The Bertz CT molecular complexity index is 1570. The monoisotopic (exact) mass is 501 g/mol. The number of aromatic nitrogens is 1. The highest BCUT2D eigenvalue weighted by atomic mass is 35.5. The summed E-state index contributed by atoms with van der Waals surface area (Å²) in [5.74, 6) is 0.790. The molecule has 0 aliphatic carbocycles. The van der Waals surface area contributed by atoms with Crippen LogP contribution in [0.3, 0.4) is 0 Å². The second kappa shape index (κ2) is 9.37. The summed E-state index contributed by atoms with van der Waals surface area (Å²) in [6.45, 7) is 4.12. The third-order valence-corrected chi connectivity index (χ3v) is 6.04. The fourth-order valence-electron chi connectivity index (χ4n) is 3.56. The zero-order valence-electron chi connectivity index (χ0n) is 18.9. The molecule has 0 radical (unpaired) electrons. The van der Waals surface area contributed by atoms with Crippen molar-refractivity contribution >= 4 is 51.6 Å². The maximum atomic E-state index is 12.6. The first-order chi connectivity index (χ1) is 16.9. The Balaban J connectivity index is 1.26. The average Bonchev–Trinajstić information content (AvgIpc) is 3.49. The third kappa shape index (κ3) is 4.96. The van der Waals surface area contributed by atoms with Gasteiger partial charge in [0.1, 0.15) is 11.3 Å². The molecule has 8 heteroatoms. The van der Waals surface area contributed by atoms with Crippen molar-refractivity contribution in [3.8, 4) is 22.8 Å². The van der Waals surface area contributed by atoms with Gasteiger partial charge < -0.3 is 14.2 Å². The van der Waals surface area contributed by atoms with Crippen LogP contribution in [0.2, 0.25) is 5.02 Å². The van der Waals surface area contributed by atoms with Crippen LogP contribution in [0.1, 0.15) is 21.7 Å². The molecule has 2 aromatic heterocycles. The van der Waals surface area contributed by atoms with Crippen LogP contribution in [0, 0.1) is 13.8 Å². The van der Waals surface area contributed by atoms with E-state index in [2.05, 4.69) is 35.5 Å². The van der Waals surface area contributed by atoms with E-state index < -0.39 is 5.91 Å². The lowest BCUT2D eigenvalue weighted by Gasteiger charge is -2.08. The van der Waals surface area contributed by atoms with Crippen molar-refractivity contribution in [2.24, 2.45) is 0 Å². The molecule has 0 aliphatic rings. The first-order valence-electron chi connectivity index (χ1n) is 10.8. The molecule has 1 amide bonds. The van der Waals surface area contributed by atoms with Crippen molar-refractivity contribution in [2.45, 2.75) is 13.8 Å². The fourth-order valence-corrected chi connectivity index (χ4v) is 3.90. The number of hydrogen-bond donors (Lipinski definition) is 2. The van der Waals surface area contributed by atoms with E-state index in [9.17, 15) is 4.79 Å². The summed E-state index contributed by atoms with van der Waals surface area (Å²) >= 11 is 11.2. The molecule has 2 heterocycles. The summed E-state index contributed by atoms with van der Waals surface area (Å²) in [5, 5.41) is 6.40. The van der Waals surface area contributed by atoms with Crippen molar-refractivity contribution < 1.29 is 13.6 Å². The Morgan fingerprint density at radius 3 is 2.43 bits per heavy atom. The molecule has 174 valence electrons. The first kappa shape index (κ1) is 22.8. The highest BCUT2D eigenvalue weighted by Crippen LogP contribution is 2.28. The Hall–Kier alpha value is -3.94. The second-order valence-corrected chi connectivity index (χ2v) is 8.92. The number of rotatable bonds is 4. The number of benzene rings is 3. The van der Waals surface area contributed by atoms with Crippen molar-refractivity contribution in [3.05, 3.63) is 94.7 Å². The van der Waals surface area contributed by atoms with Gasteiger partial charge in [-0.15, -0.1) is 0 Å². The van der Waals surface area contributed by atoms with Crippen LogP contribution in [-0.2, 0) is 0 Å². The topological polar surface area (TPSA) is 80.3 Å². The van der Waals surface area contributed by atoms with Gasteiger partial charge in [-0.25, -0.2) is 4.98 Å². The summed E-state index contributed by atoms with van der Waals surface area (Å²) in [4.78, 5) is 17.2. The standard InChI is InChI=1S/C27H20ClN3O3S/c1-15-3-4-18(13-16(15)2)26-30-21-14-20(9-10-23(21)34-26)29-27(35)31-25(32)24-12-11-22(33-24)17-5-7-19(28)8-6-17/h3-14H,1-2H3,(H2,29,31,32,35). The molecule has 0 unspecified atom stereocenters. The summed E-state index contributed by atoms with van der Waals surface area (Å²) in [5.41, 5.74) is 6.12. The number of thiocarbonyl (C=S) groups is 1. The quantitative estimate of drug-likeness (QED) is 0.254. The highest BCUT2D eigenvalue weighted by molar-refractivity contribution is 7.80. The Morgan fingerprint density at radius 2 is 1.66 bits per heavy atom. The molecule has 5 aromatic rings. The SMILES string of the molecule is Cc1ccc(-c2nc3cc(NC(=S)NC(=O)c4ccc(-c5ccc(Cl)cc5)o4)ccc3o2)cc1C. The summed E-state index contributed by atoms with van der Waals surface area (Å²) in [6, 6.07) is 22.0. The minimum atomic E-state index is -0.456. The second-order valence-electron chi connectivity index (χ2n) is 8.08. The first-order valence-corrected chi connectivity index (χ1v) is 11.6. The fraction of sp³-hybridized carbons (Fsp3) is 0.0741. The van der Waals surface area contributed by atoms with Gasteiger partial charge in [0, 0.05) is 21.8 Å². The third-order valence-electron chi connectivity index (χ3n) is 5.58. The lowest BCUT2D eigenvalue weighted by atomic mass is 10.1. The molecule has 3 aromatic carbocycles. The summed E-state index contributed by atoms with van der Waals surface area (Å²) in [7, 11) is 0. The Morgan fingerprint density at radius 1 is 0.886 bits per heavy atom. The molecule has 0 atom stereocenters. The number of oxazole rings is 1. The number of amides is 1. The smallest absolute Gasteiger partial charge is 0.293 e. The number of nitrogens with one attached hydrogen (secondary N) is 2. The van der Waals surface area contributed by atoms with E-state index in [1.165, 1.54) is 11.1 Å². The lowest BCUT2D eigenvalue weighted by Crippen LogP contribution is -2.33. The minimum absolute atomic E-state index is 0.136. The van der Waals surface area contributed by atoms with E-state index in [-0.39, 0.29) is 10.9 Å². The number of fused-ring (bicyclic) bond motifs is 1. The van der Waals surface area contributed by atoms with Crippen LogP contribution in [0.15, 0.2) is 81.6 Å². The summed E-state index contributed by atoms with van der Waals surface area (Å²) < 4.78 is 11.6. The number of aryl methyl sites for hydroxylation is 2. The van der Waals surface area contributed by atoms with E-state index in [1.54, 1.807) is 24.3 Å². The van der Waals surface area contributed by atoms with Gasteiger partial charge in [-0.2, -0.15) is 0 Å². The highest BCUT2D eigenvalue weighted by Gasteiger charge is 2.15. The Kier molecular flexibility index (Phi) is 6.11. The Labute approximate surface area is 211 Å². The van der Waals surface area contributed by atoms with E-state index in [1.807, 2.05) is 42.5 Å². The van der Waals surface area contributed by atoms with E-state index in [0.717, 1.165) is 11.1 Å². The lowest BCUT2D eigenvalue weighted by molar-refractivity contribution is 0.0951. The maximum absolute atomic E-state index is 12.6. The molecule has 35 heavy (non-hydrogen) atoms. The molecule has 5 rings (SSSR count). The number of nitrogens with zero attached hydrogens (tertiary/aromatic N) is 1. The van der Waals surface area contributed by atoms with Crippen molar-refractivity contribution in [1.29, 1.82) is 0 Å². The number of carbonyl (C=O) groups excluding carboxylic acids is 1. The van der Waals surface area contributed by atoms with E-state index in [0.29, 0.717) is 33.5 Å². The van der Waals surface area contributed by atoms with Gasteiger partial charge in [0.2, 0.25) is 5.89 Å². The molecule has 0 spiro atoms. The largest absolute Gasteiger partial charge is 0.451 e. The maximum Gasteiger partial charge on any atom is 0.293 e. The van der Waals surface area contributed by atoms with Gasteiger partial charge in [0.15, 0.2) is 16.5 Å². The predicted molar refractivity (Wildman–Crippen MR) is 142 cm³/mol. The van der Waals surface area contributed by atoms with E-state index >= 15 is 0 Å². The van der Waals surface area contributed by atoms with Gasteiger partial charge in [0.05, 0.1) is 0 Å². The van der Waals surface area contributed by atoms with Gasteiger partial charge in [0.25, 0.3) is 5.91 Å². The van der Waals surface area contributed by atoms with Crippen LogP contribution in [0.5, 0.6) is 0 Å². The number of anilines is 1. The molecule has 0 bridgehead atoms.